The molecule has 1 aromatic rings. The Morgan fingerprint density at radius 3 is 2.70 bits per heavy atom. The predicted octanol–water partition coefficient (Wildman–Crippen LogP) is 5.34. The molecule has 37 heavy (non-hydrogen) atoms. The second-order valence-corrected chi connectivity index (χ2v) is 14.1. The Morgan fingerprint density at radius 2 is 1.92 bits per heavy atom. The van der Waals surface area contributed by atoms with Gasteiger partial charge in [-0.05, 0) is 87.8 Å². The van der Waals surface area contributed by atoms with Gasteiger partial charge in [0.1, 0.15) is 11.7 Å². The standard InChI is InChI=1S/C32H45NO4/c1-36-32-14-13-30(18-23(32)24(34)11-9-20-5-3-2-4-6-20)26-17-22-10-12-25(35)28-27(22)31(30,29(32)37-28)15-16-33(26)19-21-7-8-21/h10,12,20-21,23-24,26,29,34-35H,2-9,11,13-19H2,1H3/t23-,24+,26-,29-,30-,31+,32-/m1/s1. The molecule has 1 saturated heterocycles. The second-order valence-electron chi connectivity index (χ2n) is 14.1. The molecule has 8 aliphatic rings. The van der Waals surface area contributed by atoms with Gasteiger partial charge in [-0.25, -0.2) is 0 Å². The summed E-state index contributed by atoms with van der Waals surface area (Å²) >= 11 is 0. The van der Waals surface area contributed by atoms with E-state index in [4.69, 9.17) is 9.47 Å². The molecule has 5 heteroatoms. The van der Waals surface area contributed by atoms with Gasteiger partial charge in [0.2, 0.25) is 0 Å². The van der Waals surface area contributed by atoms with E-state index in [9.17, 15) is 10.2 Å². The summed E-state index contributed by atoms with van der Waals surface area (Å²) in [6, 6.07) is 4.54. The monoisotopic (exact) mass is 507 g/mol. The molecule has 0 aromatic heterocycles. The van der Waals surface area contributed by atoms with E-state index < -0.39 is 5.60 Å². The lowest BCUT2D eigenvalue weighted by Crippen LogP contribution is -2.81. The van der Waals surface area contributed by atoms with Crippen molar-refractivity contribution in [2.24, 2.45) is 23.2 Å². The molecule has 0 unspecified atom stereocenters. The number of hydrogen-bond donors (Lipinski definition) is 2. The minimum atomic E-state index is -0.489. The Kier molecular flexibility index (Phi) is 5.17. The number of rotatable bonds is 7. The summed E-state index contributed by atoms with van der Waals surface area (Å²) in [5, 5.41) is 22.9. The van der Waals surface area contributed by atoms with Gasteiger partial charge in [-0.15, -0.1) is 0 Å². The third kappa shape index (κ3) is 2.97. The van der Waals surface area contributed by atoms with Crippen molar-refractivity contribution >= 4 is 0 Å². The molecule has 6 fully saturated rings. The molecule has 0 amide bonds. The van der Waals surface area contributed by atoms with Crippen LogP contribution in [0, 0.1) is 23.2 Å². The molecule has 5 nitrogen and oxygen atoms in total. The van der Waals surface area contributed by atoms with Crippen molar-refractivity contribution < 1.29 is 19.7 Å². The highest BCUT2D eigenvalue weighted by molar-refractivity contribution is 5.63. The highest BCUT2D eigenvalue weighted by Crippen LogP contribution is 2.77. The van der Waals surface area contributed by atoms with Gasteiger partial charge >= 0.3 is 0 Å². The quantitative estimate of drug-likeness (QED) is 0.522. The summed E-state index contributed by atoms with van der Waals surface area (Å²) in [5.74, 6) is 2.77. The average molecular weight is 508 g/mol. The molecule has 0 radical (unpaired) electrons. The summed E-state index contributed by atoms with van der Waals surface area (Å²) in [6.45, 7) is 2.35. The number of piperidine rings is 1. The Morgan fingerprint density at radius 1 is 1.08 bits per heavy atom. The lowest BCUT2D eigenvalue weighted by Gasteiger charge is -2.74. The number of nitrogens with zero attached hydrogens (tertiary/aromatic N) is 1. The highest BCUT2D eigenvalue weighted by atomic mass is 16.6. The van der Waals surface area contributed by atoms with E-state index in [0.29, 0.717) is 6.04 Å². The van der Waals surface area contributed by atoms with Crippen LogP contribution in [0.4, 0.5) is 0 Å². The maximum atomic E-state index is 11.9. The number of benzene rings is 1. The fraction of sp³-hybridized carbons (Fsp3) is 0.812. The summed E-state index contributed by atoms with van der Waals surface area (Å²) in [5.41, 5.74) is 2.20. The zero-order valence-electron chi connectivity index (χ0n) is 22.6. The molecule has 9 rings (SSSR count). The summed E-state index contributed by atoms with van der Waals surface area (Å²) in [7, 11) is 1.87. The van der Waals surface area contributed by atoms with Crippen LogP contribution in [0.2, 0.25) is 0 Å². The highest BCUT2D eigenvalue weighted by Gasteiger charge is 2.81. The Bertz CT molecular complexity index is 1080. The molecule has 202 valence electrons. The van der Waals surface area contributed by atoms with Gasteiger partial charge in [0.15, 0.2) is 11.5 Å². The van der Waals surface area contributed by atoms with E-state index >= 15 is 0 Å². The molecule has 6 aliphatic carbocycles. The van der Waals surface area contributed by atoms with Crippen LogP contribution in [0.25, 0.3) is 0 Å². The average Bonchev–Trinajstić information content (AvgIpc) is 3.67. The normalized spacial score (nSPS) is 42.9. The molecule has 2 N–H and O–H groups in total. The van der Waals surface area contributed by atoms with E-state index in [1.165, 1.54) is 62.6 Å². The third-order valence-corrected chi connectivity index (χ3v) is 12.8. The fourth-order valence-electron chi connectivity index (χ4n) is 11.0. The van der Waals surface area contributed by atoms with E-state index in [1.54, 1.807) is 0 Å². The number of phenolic OH excluding ortho intramolecular Hbond substituents is 1. The van der Waals surface area contributed by atoms with E-state index in [1.807, 2.05) is 13.2 Å². The number of methoxy groups -OCH3 is 1. The molecule has 7 atom stereocenters. The first-order chi connectivity index (χ1) is 18.0. The molecule has 2 heterocycles. The van der Waals surface area contributed by atoms with Gasteiger partial charge in [0, 0.05) is 42.0 Å². The van der Waals surface area contributed by atoms with Crippen molar-refractivity contribution in [2.75, 3.05) is 20.2 Å². The topological polar surface area (TPSA) is 62.2 Å². The number of phenols is 1. The fourth-order valence-corrected chi connectivity index (χ4v) is 11.0. The van der Waals surface area contributed by atoms with E-state index in [-0.39, 0.29) is 34.7 Å². The van der Waals surface area contributed by atoms with Crippen molar-refractivity contribution in [3.8, 4) is 11.5 Å². The minimum Gasteiger partial charge on any atom is -0.504 e. The molecule has 2 aliphatic heterocycles. The number of aliphatic hydroxyl groups excluding tert-OH is 1. The van der Waals surface area contributed by atoms with Gasteiger partial charge < -0.3 is 19.7 Å². The lowest BCUT2D eigenvalue weighted by atomic mass is 9.34. The smallest absolute Gasteiger partial charge is 0.165 e. The molecular formula is C32H45NO4. The third-order valence-electron chi connectivity index (χ3n) is 12.8. The first-order valence-electron chi connectivity index (χ1n) is 15.5. The molecule has 5 saturated carbocycles. The van der Waals surface area contributed by atoms with Crippen LogP contribution in [0.5, 0.6) is 11.5 Å². The number of hydrogen-bond acceptors (Lipinski definition) is 5. The van der Waals surface area contributed by atoms with Gasteiger partial charge in [-0.1, -0.05) is 38.2 Å². The second kappa shape index (κ2) is 8.11. The Hall–Kier alpha value is -1.30. The SMILES string of the molecule is CO[C@]12CC[C@@]3(C[C@@H]1[C@@H](O)CCC1CCCCC1)[C@H]1Cc4ccc(O)c5c4[C@@]3(CCN1CC1CC1)[C@H]2O5. The van der Waals surface area contributed by atoms with Crippen molar-refractivity contribution in [1.29, 1.82) is 0 Å². The number of fused-ring (bicyclic) bond motifs is 2. The predicted molar refractivity (Wildman–Crippen MR) is 142 cm³/mol. The maximum absolute atomic E-state index is 11.9. The summed E-state index contributed by atoms with van der Waals surface area (Å²) in [6.07, 6.45) is 16.4. The van der Waals surface area contributed by atoms with Gasteiger partial charge in [0.25, 0.3) is 0 Å². The molecule has 4 bridgehead atoms. The van der Waals surface area contributed by atoms with Crippen LogP contribution >= 0.6 is 0 Å². The molecule has 1 aromatic carbocycles. The van der Waals surface area contributed by atoms with E-state index in [0.717, 1.165) is 69.1 Å². The van der Waals surface area contributed by atoms with Gasteiger partial charge in [-0.2, -0.15) is 0 Å². The molecule has 2 spiro atoms. The minimum absolute atomic E-state index is 0.0909. The van der Waals surface area contributed by atoms with Crippen LogP contribution in [0.15, 0.2) is 12.1 Å². The van der Waals surface area contributed by atoms with Crippen LogP contribution < -0.4 is 4.74 Å². The van der Waals surface area contributed by atoms with Crippen LogP contribution in [-0.4, -0.2) is 59.2 Å². The summed E-state index contributed by atoms with van der Waals surface area (Å²) in [4.78, 5) is 2.85. The zero-order valence-corrected chi connectivity index (χ0v) is 22.6. The van der Waals surface area contributed by atoms with Crippen molar-refractivity contribution in [1.82, 2.24) is 4.90 Å². The van der Waals surface area contributed by atoms with Crippen LogP contribution in [0.1, 0.15) is 94.6 Å². The first kappa shape index (κ1) is 23.6. The van der Waals surface area contributed by atoms with Gasteiger partial charge in [0.05, 0.1) is 6.10 Å². The van der Waals surface area contributed by atoms with Crippen LogP contribution in [0.3, 0.4) is 0 Å². The number of aliphatic hydroxyl groups is 1. The number of aromatic hydroxyl groups is 1. The van der Waals surface area contributed by atoms with Gasteiger partial charge in [-0.3, -0.25) is 4.90 Å². The number of likely N-dealkylation sites (tertiary alicyclic amines) is 1. The molecular weight excluding hydrogens is 462 g/mol. The zero-order chi connectivity index (χ0) is 25.0. The maximum Gasteiger partial charge on any atom is 0.165 e. The lowest BCUT2D eigenvalue weighted by molar-refractivity contribution is -0.290. The number of ether oxygens (including phenoxy) is 2. The van der Waals surface area contributed by atoms with E-state index in [2.05, 4.69) is 11.0 Å². The Labute approximate surface area is 221 Å². The Balaban J connectivity index is 1.21. The largest absolute Gasteiger partial charge is 0.504 e. The van der Waals surface area contributed by atoms with Crippen molar-refractivity contribution in [2.45, 2.75) is 119 Å². The summed E-state index contributed by atoms with van der Waals surface area (Å²) < 4.78 is 13.5. The van der Waals surface area contributed by atoms with Crippen LogP contribution in [-0.2, 0) is 16.6 Å². The van der Waals surface area contributed by atoms with Crippen molar-refractivity contribution in [3.05, 3.63) is 23.3 Å². The first-order valence-corrected chi connectivity index (χ1v) is 15.5. The van der Waals surface area contributed by atoms with Crippen molar-refractivity contribution in [3.63, 3.8) is 0 Å².